The van der Waals surface area contributed by atoms with E-state index < -0.39 is 0 Å². The van der Waals surface area contributed by atoms with Crippen molar-refractivity contribution in [3.63, 3.8) is 0 Å². The lowest BCUT2D eigenvalue weighted by Gasteiger charge is -2.40. The summed E-state index contributed by atoms with van der Waals surface area (Å²) < 4.78 is 6.63. The molecule has 2 aliphatic rings. The minimum absolute atomic E-state index is 0.000910. The van der Waals surface area contributed by atoms with Gasteiger partial charge in [-0.25, -0.2) is 9.78 Å². The largest absolute Gasteiger partial charge is 0.457 e. The number of amides is 1. The summed E-state index contributed by atoms with van der Waals surface area (Å²) in [4.78, 5) is 31.3. The molecule has 1 unspecified atom stereocenters. The van der Waals surface area contributed by atoms with Gasteiger partial charge in [0.15, 0.2) is 5.82 Å². The Labute approximate surface area is 203 Å². The molecule has 5 rings (SSSR count). The maximum atomic E-state index is 12.7. The molecule has 182 valence electrons. The monoisotopic (exact) mass is 475 g/mol. The number of rotatable bonds is 7. The fraction of sp³-hybridized carbons (Fsp3) is 0.440. The summed E-state index contributed by atoms with van der Waals surface area (Å²) >= 11 is 0. The van der Waals surface area contributed by atoms with Crippen LogP contribution in [0.4, 0.5) is 0 Å². The van der Waals surface area contributed by atoms with Crippen LogP contribution in [-0.2, 0) is 17.8 Å². The van der Waals surface area contributed by atoms with E-state index in [0.29, 0.717) is 30.1 Å². The molecule has 1 atom stereocenters. The summed E-state index contributed by atoms with van der Waals surface area (Å²) in [7, 11) is 0. The molecule has 1 aromatic carbocycles. The molecule has 35 heavy (non-hydrogen) atoms. The van der Waals surface area contributed by atoms with Gasteiger partial charge >= 0.3 is 5.97 Å². The molecule has 4 heterocycles. The molecule has 1 N–H and O–H groups in total. The van der Waals surface area contributed by atoms with Gasteiger partial charge in [-0.2, -0.15) is 4.68 Å². The number of carbonyl (C=O) groups excluding carboxylic acids is 2. The summed E-state index contributed by atoms with van der Waals surface area (Å²) in [5.41, 5.74) is 4.67. The Morgan fingerprint density at radius 3 is 2.91 bits per heavy atom. The van der Waals surface area contributed by atoms with E-state index in [1.807, 2.05) is 6.07 Å². The minimum atomic E-state index is -0.220. The molecule has 3 aromatic rings. The topological polar surface area (TPSA) is 115 Å². The quantitative estimate of drug-likeness (QED) is 0.517. The van der Waals surface area contributed by atoms with E-state index in [1.165, 1.54) is 22.1 Å². The number of hydrogen-bond donors (Lipinski definition) is 1. The normalized spacial score (nSPS) is 19.9. The predicted octanol–water partition coefficient (Wildman–Crippen LogP) is 2.11. The van der Waals surface area contributed by atoms with Crippen LogP contribution in [0.2, 0.25) is 0 Å². The fourth-order valence-corrected chi connectivity index (χ4v) is 5.03. The highest BCUT2D eigenvalue weighted by Gasteiger charge is 2.31. The third-order valence-electron chi connectivity index (χ3n) is 7.11. The van der Waals surface area contributed by atoms with Gasteiger partial charge in [-0.05, 0) is 77.9 Å². The van der Waals surface area contributed by atoms with Gasteiger partial charge in [0.2, 0.25) is 0 Å². The highest BCUT2D eigenvalue weighted by atomic mass is 16.5. The SMILES string of the molecule is Cc1c(CCN2CCCC(C)(CNC(=O)c3ccc(-n4cnnn4)nc3)C2)ccc2c1COC2=O. The van der Waals surface area contributed by atoms with Crippen molar-refractivity contribution in [3.8, 4) is 5.82 Å². The first kappa shape index (κ1) is 23.1. The number of tetrazole rings is 1. The Kier molecular flexibility index (Phi) is 6.29. The molecule has 10 heteroatoms. The first-order chi connectivity index (χ1) is 16.9. The van der Waals surface area contributed by atoms with Crippen LogP contribution >= 0.6 is 0 Å². The molecule has 0 spiro atoms. The number of carbonyl (C=O) groups is 2. The summed E-state index contributed by atoms with van der Waals surface area (Å²) in [5, 5.41) is 14.1. The number of aromatic nitrogens is 5. The first-order valence-corrected chi connectivity index (χ1v) is 11.9. The van der Waals surface area contributed by atoms with Gasteiger partial charge in [0.1, 0.15) is 12.9 Å². The lowest BCUT2D eigenvalue weighted by molar-refractivity contribution is 0.0534. The Hall–Kier alpha value is -3.66. The molecule has 2 aliphatic heterocycles. The van der Waals surface area contributed by atoms with Crippen molar-refractivity contribution in [2.45, 2.75) is 39.7 Å². The smallest absolute Gasteiger partial charge is 0.338 e. The Morgan fingerprint density at radius 2 is 2.14 bits per heavy atom. The highest BCUT2D eigenvalue weighted by molar-refractivity contribution is 5.94. The van der Waals surface area contributed by atoms with Gasteiger partial charge in [-0.1, -0.05) is 13.0 Å². The number of nitrogens with zero attached hydrogens (tertiary/aromatic N) is 6. The number of ether oxygens (including phenoxy) is 1. The van der Waals surface area contributed by atoms with Crippen LogP contribution in [0, 0.1) is 12.3 Å². The molecule has 0 saturated carbocycles. The van der Waals surface area contributed by atoms with E-state index in [9.17, 15) is 9.59 Å². The molecule has 1 fully saturated rings. The second-order valence-corrected chi connectivity index (χ2v) is 9.73. The second kappa shape index (κ2) is 9.53. The van der Waals surface area contributed by atoms with Crippen LogP contribution in [-0.4, -0.2) is 68.1 Å². The number of esters is 1. The number of cyclic esters (lactones) is 1. The third-order valence-corrected chi connectivity index (χ3v) is 7.11. The summed E-state index contributed by atoms with van der Waals surface area (Å²) in [6.07, 6.45) is 6.09. The van der Waals surface area contributed by atoms with Gasteiger partial charge in [0.05, 0.1) is 11.1 Å². The molecule has 1 saturated heterocycles. The molecule has 0 aliphatic carbocycles. The van der Waals surface area contributed by atoms with Crippen LogP contribution in [0.15, 0.2) is 36.8 Å². The van der Waals surface area contributed by atoms with E-state index in [4.69, 9.17) is 4.74 Å². The van der Waals surface area contributed by atoms with Crippen molar-refractivity contribution in [3.05, 3.63) is 64.6 Å². The molecule has 2 aromatic heterocycles. The number of fused-ring (bicyclic) bond motifs is 1. The van der Waals surface area contributed by atoms with Crippen LogP contribution < -0.4 is 5.32 Å². The molecule has 10 nitrogen and oxygen atoms in total. The zero-order valence-electron chi connectivity index (χ0n) is 20.0. The maximum absolute atomic E-state index is 12.7. The molecular formula is C25H29N7O3. The Balaban J connectivity index is 1.15. The molecular weight excluding hydrogens is 446 g/mol. The molecule has 1 amide bonds. The van der Waals surface area contributed by atoms with E-state index in [-0.39, 0.29) is 17.3 Å². The standard InChI is InChI=1S/C25H29N7O3/c1-17-18(4-6-20-21(17)13-35-24(20)34)8-11-31-10-3-9-25(2,15-31)14-27-23(33)19-5-7-22(26-12-19)32-16-28-29-30-32/h4-7,12,16H,3,8-11,13-15H2,1-2H3,(H,27,33). The number of benzene rings is 1. The van der Waals surface area contributed by atoms with Crippen molar-refractivity contribution < 1.29 is 14.3 Å². The van der Waals surface area contributed by atoms with Crippen molar-refractivity contribution >= 4 is 11.9 Å². The average molecular weight is 476 g/mol. The third kappa shape index (κ3) is 4.93. The van der Waals surface area contributed by atoms with Gasteiger partial charge < -0.3 is 15.0 Å². The number of pyridine rings is 1. The van der Waals surface area contributed by atoms with Crippen LogP contribution in [0.25, 0.3) is 5.82 Å². The number of hydrogen-bond acceptors (Lipinski definition) is 8. The summed E-state index contributed by atoms with van der Waals surface area (Å²) in [6, 6.07) is 7.40. The fourth-order valence-electron chi connectivity index (χ4n) is 5.03. The second-order valence-electron chi connectivity index (χ2n) is 9.73. The van der Waals surface area contributed by atoms with E-state index in [2.05, 4.69) is 50.6 Å². The van der Waals surface area contributed by atoms with Crippen molar-refractivity contribution in [2.75, 3.05) is 26.2 Å². The first-order valence-electron chi connectivity index (χ1n) is 11.9. The zero-order valence-corrected chi connectivity index (χ0v) is 20.0. The lowest BCUT2D eigenvalue weighted by Crippen LogP contribution is -2.48. The van der Waals surface area contributed by atoms with E-state index >= 15 is 0 Å². The summed E-state index contributed by atoms with van der Waals surface area (Å²) in [6.45, 7) is 8.23. The number of nitrogens with one attached hydrogen (secondary N) is 1. The molecule has 0 bridgehead atoms. The Morgan fingerprint density at radius 1 is 1.26 bits per heavy atom. The summed E-state index contributed by atoms with van der Waals surface area (Å²) in [5.74, 6) is 0.200. The minimum Gasteiger partial charge on any atom is -0.457 e. The average Bonchev–Trinajstić information content (AvgIpc) is 3.53. The maximum Gasteiger partial charge on any atom is 0.338 e. The van der Waals surface area contributed by atoms with Crippen LogP contribution in [0.3, 0.4) is 0 Å². The molecule has 0 radical (unpaired) electrons. The van der Waals surface area contributed by atoms with Gasteiger partial charge in [0.25, 0.3) is 5.91 Å². The predicted molar refractivity (Wildman–Crippen MR) is 127 cm³/mol. The van der Waals surface area contributed by atoms with Gasteiger partial charge in [-0.15, -0.1) is 5.10 Å². The van der Waals surface area contributed by atoms with Crippen LogP contribution in [0.1, 0.15) is 57.2 Å². The lowest BCUT2D eigenvalue weighted by atomic mass is 9.81. The van der Waals surface area contributed by atoms with Crippen LogP contribution in [0.5, 0.6) is 0 Å². The van der Waals surface area contributed by atoms with Gasteiger partial charge in [0, 0.05) is 31.4 Å². The van der Waals surface area contributed by atoms with Crippen molar-refractivity contribution in [2.24, 2.45) is 5.41 Å². The van der Waals surface area contributed by atoms with E-state index in [0.717, 1.165) is 44.5 Å². The number of piperidine rings is 1. The highest BCUT2D eigenvalue weighted by Crippen LogP contribution is 2.30. The van der Waals surface area contributed by atoms with Gasteiger partial charge in [-0.3, -0.25) is 4.79 Å². The van der Waals surface area contributed by atoms with Crippen molar-refractivity contribution in [1.82, 2.24) is 35.4 Å². The van der Waals surface area contributed by atoms with E-state index in [1.54, 1.807) is 18.3 Å². The van der Waals surface area contributed by atoms with Crippen molar-refractivity contribution in [1.29, 1.82) is 0 Å². The zero-order chi connectivity index (χ0) is 24.4. The Bertz CT molecular complexity index is 1230. The number of likely N-dealkylation sites (tertiary alicyclic amines) is 1.